The molecule has 0 spiro atoms. The minimum absolute atomic E-state index is 0.102. The van der Waals surface area contributed by atoms with Gasteiger partial charge in [-0.05, 0) is 24.1 Å². The van der Waals surface area contributed by atoms with E-state index < -0.39 is 11.9 Å². The van der Waals surface area contributed by atoms with Crippen molar-refractivity contribution in [1.82, 2.24) is 0 Å². The quantitative estimate of drug-likeness (QED) is 0.859. The molecule has 1 aromatic rings. The van der Waals surface area contributed by atoms with Gasteiger partial charge in [-0.1, -0.05) is 12.1 Å². The monoisotopic (exact) mass is 234 g/mol. The summed E-state index contributed by atoms with van der Waals surface area (Å²) in [5.41, 5.74) is 0.724. The third kappa shape index (κ3) is 1.30. The van der Waals surface area contributed by atoms with Gasteiger partial charge in [0, 0.05) is 5.41 Å². The number of ether oxygens (including phenoxy) is 2. The molecule has 0 radical (unpaired) electrons. The Morgan fingerprint density at radius 3 is 2.71 bits per heavy atom. The molecular formula is C13H14O4. The Balaban J connectivity index is 1.95. The average molecular weight is 234 g/mol. The van der Waals surface area contributed by atoms with Gasteiger partial charge in [0.1, 0.15) is 5.75 Å². The number of hydrogen-bond acceptors (Lipinski definition) is 3. The number of fused-ring (bicyclic) bond motifs is 1. The normalized spacial score (nSPS) is 34.2. The molecule has 4 heteroatoms. The molecule has 1 N–H and O–H groups in total. The fourth-order valence-electron chi connectivity index (χ4n) is 3.06. The Kier molecular flexibility index (Phi) is 2.16. The van der Waals surface area contributed by atoms with Crippen LogP contribution < -0.4 is 4.74 Å². The largest absolute Gasteiger partial charge is 0.497 e. The summed E-state index contributed by atoms with van der Waals surface area (Å²) in [4.78, 5) is 11.2. The van der Waals surface area contributed by atoms with Crippen LogP contribution in [0, 0.1) is 5.92 Å². The summed E-state index contributed by atoms with van der Waals surface area (Å²) in [5.74, 6) is -0.364. The number of benzene rings is 1. The maximum atomic E-state index is 11.2. The van der Waals surface area contributed by atoms with Crippen LogP contribution in [0.1, 0.15) is 12.0 Å². The van der Waals surface area contributed by atoms with Gasteiger partial charge in [0.2, 0.25) is 0 Å². The summed E-state index contributed by atoms with van der Waals surface area (Å²) in [5, 5.41) is 9.24. The number of rotatable bonds is 3. The van der Waals surface area contributed by atoms with Crippen LogP contribution in [0.15, 0.2) is 24.3 Å². The van der Waals surface area contributed by atoms with Crippen molar-refractivity contribution in [3.63, 3.8) is 0 Å². The Labute approximate surface area is 99.2 Å². The molecule has 4 rings (SSSR count). The fourth-order valence-corrected chi connectivity index (χ4v) is 3.06. The molecule has 3 aliphatic rings. The standard InChI is InChI=1S/C13H14O4/c1-16-9-4-2-8(3-5-9)13-6-10(17-7-13)11(13)12(14)15/h2-5,10-11H,6-7H2,1H3,(H,14,15). The summed E-state index contributed by atoms with van der Waals surface area (Å²) in [6.45, 7) is 0.515. The molecule has 0 amide bonds. The van der Waals surface area contributed by atoms with Crippen LogP contribution in [0.3, 0.4) is 0 Å². The van der Waals surface area contributed by atoms with Crippen molar-refractivity contribution in [3.05, 3.63) is 29.8 Å². The van der Waals surface area contributed by atoms with E-state index in [-0.39, 0.29) is 11.5 Å². The first-order chi connectivity index (χ1) is 8.17. The van der Waals surface area contributed by atoms with Crippen molar-refractivity contribution in [2.24, 2.45) is 5.92 Å². The van der Waals surface area contributed by atoms with Gasteiger partial charge in [-0.25, -0.2) is 0 Å². The van der Waals surface area contributed by atoms with Crippen LogP contribution in [0.2, 0.25) is 0 Å². The summed E-state index contributed by atoms with van der Waals surface area (Å²) < 4.78 is 10.6. The van der Waals surface area contributed by atoms with Crippen molar-refractivity contribution in [1.29, 1.82) is 0 Å². The molecule has 1 aliphatic carbocycles. The highest BCUT2D eigenvalue weighted by molar-refractivity contribution is 5.76. The number of carbonyl (C=O) groups is 1. The lowest BCUT2D eigenvalue weighted by Crippen LogP contribution is -2.52. The lowest BCUT2D eigenvalue weighted by atomic mass is 9.58. The molecule has 2 bridgehead atoms. The first-order valence-corrected chi connectivity index (χ1v) is 5.66. The SMILES string of the molecule is COc1ccc(C23COC(C2)C3C(=O)O)cc1. The van der Waals surface area contributed by atoms with Crippen LogP contribution in [-0.2, 0) is 14.9 Å². The van der Waals surface area contributed by atoms with Crippen molar-refractivity contribution >= 4 is 5.97 Å². The number of aliphatic carboxylic acids is 1. The zero-order chi connectivity index (χ0) is 12.0. The van der Waals surface area contributed by atoms with Gasteiger partial charge in [0.15, 0.2) is 0 Å². The van der Waals surface area contributed by atoms with Crippen molar-refractivity contribution in [3.8, 4) is 5.75 Å². The Bertz CT molecular complexity index is 449. The minimum atomic E-state index is -0.755. The number of hydrogen-bond donors (Lipinski definition) is 1. The molecule has 17 heavy (non-hydrogen) atoms. The van der Waals surface area contributed by atoms with E-state index in [0.29, 0.717) is 6.61 Å². The second kappa shape index (κ2) is 3.47. The molecule has 0 aromatic heterocycles. The van der Waals surface area contributed by atoms with E-state index in [4.69, 9.17) is 9.47 Å². The third-order valence-electron chi connectivity index (χ3n) is 4.02. The van der Waals surface area contributed by atoms with E-state index in [0.717, 1.165) is 17.7 Å². The molecule has 90 valence electrons. The molecule has 1 saturated carbocycles. The van der Waals surface area contributed by atoms with E-state index in [1.54, 1.807) is 7.11 Å². The second-order valence-electron chi connectivity index (χ2n) is 4.75. The zero-order valence-corrected chi connectivity index (χ0v) is 9.55. The molecule has 3 unspecified atom stereocenters. The highest BCUT2D eigenvalue weighted by Crippen LogP contribution is 2.56. The maximum absolute atomic E-state index is 11.2. The number of methoxy groups -OCH3 is 1. The van der Waals surface area contributed by atoms with Crippen LogP contribution in [0.5, 0.6) is 5.75 Å². The van der Waals surface area contributed by atoms with Gasteiger partial charge in [0.25, 0.3) is 0 Å². The van der Waals surface area contributed by atoms with Crippen LogP contribution in [0.4, 0.5) is 0 Å². The van der Waals surface area contributed by atoms with Gasteiger partial charge in [0.05, 0.1) is 25.7 Å². The van der Waals surface area contributed by atoms with Crippen molar-refractivity contribution < 1.29 is 19.4 Å². The Morgan fingerprint density at radius 2 is 2.18 bits per heavy atom. The molecule has 4 nitrogen and oxygen atoms in total. The van der Waals surface area contributed by atoms with E-state index in [1.807, 2.05) is 24.3 Å². The van der Waals surface area contributed by atoms with E-state index in [9.17, 15) is 9.90 Å². The zero-order valence-electron chi connectivity index (χ0n) is 9.55. The summed E-state index contributed by atoms with van der Waals surface area (Å²) in [7, 11) is 1.62. The molecule has 3 fully saturated rings. The van der Waals surface area contributed by atoms with E-state index in [1.165, 1.54) is 0 Å². The smallest absolute Gasteiger partial charge is 0.310 e. The maximum Gasteiger partial charge on any atom is 0.310 e. The molecule has 1 aromatic carbocycles. The van der Waals surface area contributed by atoms with Gasteiger partial charge in [-0.15, -0.1) is 0 Å². The molecule has 3 atom stereocenters. The molecule has 2 heterocycles. The molecular weight excluding hydrogens is 220 g/mol. The van der Waals surface area contributed by atoms with Crippen LogP contribution in [0.25, 0.3) is 0 Å². The van der Waals surface area contributed by atoms with Crippen molar-refractivity contribution in [2.75, 3.05) is 13.7 Å². The summed E-state index contributed by atoms with van der Waals surface area (Å²) >= 11 is 0. The Hall–Kier alpha value is -1.55. The van der Waals surface area contributed by atoms with Gasteiger partial charge in [-0.2, -0.15) is 0 Å². The molecule has 2 aliphatic heterocycles. The highest BCUT2D eigenvalue weighted by Gasteiger charge is 2.64. The Morgan fingerprint density at radius 1 is 1.47 bits per heavy atom. The van der Waals surface area contributed by atoms with E-state index >= 15 is 0 Å². The minimum Gasteiger partial charge on any atom is -0.497 e. The fraction of sp³-hybridized carbons (Fsp3) is 0.462. The lowest BCUT2D eigenvalue weighted by Gasteiger charge is -2.42. The number of carboxylic acid groups (broad SMARTS) is 1. The van der Waals surface area contributed by atoms with Gasteiger partial charge in [-0.3, -0.25) is 4.79 Å². The van der Waals surface area contributed by atoms with Gasteiger partial charge >= 0.3 is 5.97 Å². The first kappa shape index (κ1) is 10.6. The summed E-state index contributed by atoms with van der Waals surface area (Å²) in [6, 6.07) is 7.63. The summed E-state index contributed by atoms with van der Waals surface area (Å²) in [6.07, 6.45) is 0.714. The highest BCUT2D eigenvalue weighted by atomic mass is 16.5. The predicted molar refractivity (Wildman–Crippen MR) is 60.2 cm³/mol. The number of carboxylic acids is 1. The molecule has 2 saturated heterocycles. The second-order valence-corrected chi connectivity index (χ2v) is 4.75. The van der Waals surface area contributed by atoms with Crippen molar-refractivity contribution in [2.45, 2.75) is 17.9 Å². The topological polar surface area (TPSA) is 55.8 Å². The van der Waals surface area contributed by atoms with E-state index in [2.05, 4.69) is 0 Å². The van der Waals surface area contributed by atoms with Crippen LogP contribution >= 0.6 is 0 Å². The average Bonchev–Trinajstić information content (AvgIpc) is 2.87. The van der Waals surface area contributed by atoms with Crippen LogP contribution in [-0.4, -0.2) is 30.9 Å². The van der Waals surface area contributed by atoms with Gasteiger partial charge < -0.3 is 14.6 Å². The lowest BCUT2D eigenvalue weighted by molar-refractivity contribution is -0.150. The first-order valence-electron chi connectivity index (χ1n) is 5.66. The third-order valence-corrected chi connectivity index (χ3v) is 4.02. The predicted octanol–water partition coefficient (Wildman–Crippen LogP) is 1.44.